The summed E-state index contributed by atoms with van der Waals surface area (Å²) in [6.07, 6.45) is 7.74. The molecule has 1 aliphatic carbocycles. The summed E-state index contributed by atoms with van der Waals surface area (Å²) in [4.78, 5) is 0. The van der Waals surface area contributed by atoms with E-state index in [1.165, 1.54) is 30.5 Å². The first-order valence-corrected chi connectivity index (χ1v) is 7.24. The molecule has 0 saturated carbocycles. The highest BCUT2D eigenvalue weighted by Crippen LogP contribution is 2.24. The number of aliphatic hydroxyl groups is 1. The third-order valence-corrected chi connectivity index (χ3v) is 4.12. The van der Waals surface area contributed by atoms with Crippen LogP contribution in [0.4, 0.5) is 4.39 Å². The number of hydrogen-bond donors (Lipinski definition) is 1. The van der Waals surface area contributed by atoms with Gasteiger partial charge < -0.3 is 5.11 Å². The Hall–Kier alpha value is -0.670. The molecule has 0 bridgehead atoms. The van der Waals surface area contributed by atoms with Crippen molar-refractivity contribution in [3.63, 3.8) is 0 Å². The minimum absolute atomic E-state index is 0.253. The largest absolute Gasteiger partial charge is 0.392 e. The first-order chi connectivity index (χ1) is 8.65. The van der Waals surface area contributed by atoms with E-state index in [1.807, 2.05) is 0 Å². The summed E-state index contributed by atoms with van der Waals surface area (Å²) in [5.41, 5.74) is 2.18. The van der Waals surface area contributed by atoms with Crippen LogP contribution in [-0.4, -0.2) is 11.2 Å². The van der Waals surface area contributed by atoms with Crippen LogP contribution in [0, 0.1) is 5.82 Å². The zero-order valence-corrected chi connectivity index (χ0v) is 11.9. The van der Waals surface area contributed by atoms with Crippen LogP contribution in [0.1, 0.15) is 37.7 Å². The van der Waals surface area contributed by atoms with Crippen LogP contribution in [0.3, 0.4) is 0 Å². The highest BCUT2D eigenvalue weighted by Gasteiger charge is 2.13. The van der Waals surface area contributed by atoms with Crippen molar-refractivity contribution in [3.8, 4) is 0 Å². The van der Waals surface area contributed by atoms with Crippen LogP contribution in [0.5, 0.6) is 0 Å². The quantitative estimate of drug-likeness (QED) is 0.818. The Morgan fingerprint density at radius 1 is 1.28 bits per heavy atom. The van der Waals surface area contributed by atoms with Crippen LogP contribution in [0.25, 0.3) is 0 Å². The Balaban J connectivity index is 1.96. The fraction of sp³-hybridized carbons (Fsp3) is 0.467. The van der Waals surface area contributed by atoms with Gasteiger partial charge in [-0.25, -0.2) is 4.39 Å². The summed E-state index contributed by atoms with van der Waals surface area (Å²) in [7, 11) is 0. The molecule has 18 heavy (non-hydrogen) atoms. The molecule has 1 aromatic carbocycles. The lowest BCUT2D eigenvalue weighted by Gasteiger charge is -2.17. The van der Waals surface area contributed by atoms with E-state index >= 15 is 0 Å². The molecule has 0 heterocycles. The van der Waals surface area contributed by atoms with Gasteiger partial charge in [0.05, 0.1) is 6.10 Å². The summed E-state index contributed by atoms with van der Waals surface area (Å²) in [5.74, 6) is -0.253. The van der Waals surface area contributed by atoms with E-state index in [1.54, 1.807) is 6.07 Å². The van der Waals surface area contributed by atoms with Crippen molar-refractivity contribution >= 4 is 15.9 Å². The van der Waals surface area contributed by atoms with E-state index in [2.05, 4.69) is 22.0 Å². The average Bonchev–Trinajstić information content (AvgIpc) is 2.35. The summed E-state index contributed by atoms with van der Waals surface area (Å²) < 4.78 is 14.0. The van der Waals surface area contributed by atoms with Crippen LogP contribution in [-0.2, 0) is 6.42 Å². The molecular weight excluding hydrogens is 295 g/mol. The van der Waals surface area contributed by atoms with E-state index in [-0.39, 0.29) is 5.82 Å². The molecule has 0 aromatic heterocycles. The summed E-state index contributed by atoms with van der Waals surface area (Å²) in [5, 5.41) is 10.1. The van der Waals surface area contributed by atoms with Crippen molar-refractivity contribution in [2.75, 3.05) is 0 Å². The van der Waals surface area contributed by atoms with Gasteiger partial charge in [0.2, 0.25) is 0 Å². The average molecular weight is 313 g/mol. The Morgan fingerprint density at radius 2 is 2.11 bits per heavy atom. The lowest BCUT2D eigenvalue weighted by molar-refractivity contribution is 0.173. The van der Waals surface area contributed by atoms with Crippen LogP contribution in [0.2, 0.25) is 0 Å². The molecule has 0 fully saturated rings. The first-order valence-electron chi connectivity index (χ1n) is 6.45. The fourth-order valence-corrected chi connectivity index (χ4v) is 2.83. The van der Waals surface area contributed by atoms with Gasteiger partial charge in [-0.2, -0.15) is 0 Å². The predicted octanol–water partition coefficient (Wildman–Crippen LogP) is 4.38. The predicted molar refractivity (Wildman–Crippen MR) is 75.0 cm³/mol. The number of halogens is 2. The number of benzene rings is 1. The molecule has 1 aliphatic rings. The van der Waals surface area contributed by atoms with E-state index in [0.717, 1.165) is 22.9 Å². The van der Waals surface area contributed by atoms with E-state index in [0.29, 0.717) is 12.8 Å². The number of hydrogen-bond acceptors (Lipinski definition) is 1. The number of allylic oxidation sites excluding steroid dienone is 1. The molecule has 0 radical (unpaired) electrons. The monoisotopic (exact) mass is 312 g/mol. The summed E-state index contributed by atoms with van der Waals surface area (Å²) >= 11 is 3.39. The maximum absolute atomic E-state index is 13.1. The Morgan fingerprint density at radius 3 is 2.83 bits per heavy atom. The third-order valence-electron chi connectivity index (χ3n) is 3.35. The summed E-state index contributed by atoms with van der Waals surface area (Å²) in [6, 6.07) is 4.60. The lowest BCUT2D eigenvalue weighted by Crippen LogP contribution is -2.13. The highest BCUT2D eigenvalue weighted by atomic mass is 79.9. The summed E-state index contributed by atoms with van der Waals surface area (Å²) in [6.45, 7) is 0. The van der Waals surface area contributed by atoms with Crippen LogP contribution < -0.4 is 0 Å². The zero-order chi connectivity index (χ0) is 13.0. The standard InChI is InChI=1S/C15H18BrFO/c16-15-7-6-13(17)9-12(15)10-14(18)8-11-4-2-1-3-5-11/h4,6-7,9,14,18H,1-3,5,8,10H2. The lowest BCUT2D eigenvalue weighted by atomic mass is 9.93. The number of rotatable bonds is 4. The van der Waals surface area contributed by atoms with Gasteiger partial charge in [0.15, 0.2) is 0 Å². The van der Waals surface area contributed by atoms with E-state index in [9.17, 15) is 9.50 Å². The molecule has 2 rings (SSSR count). The Labute approximate surface area is 116 Å². The zero-order valence-electron chi connectivity index (χ0n) is 10.3. The molecule has 0 aliphatic heterocycles. The molecular formula is C15H18BrFO. The van der Waals surface area contributed by atoms with Crippen molar-refractivity contribution in [1.82, 2.24) is 0 Å². The third kappa shape index (κ3) is 3.92. The second-order valence-electron chi connectivity index (χ2n) is 4.91. The van der Waals surface area contributed by atoms with Gasteiger partial charge in [0.25, 0.3) is 0 Å². The maximum Gasteiger partial charge on any atom is 0.123 e. The van der Waals surface area contributed by atoms with Gasteiger partial charge in [-0.3, -0.25) is 0 Å². The Bertz CT molecular complexity index is 442. The van der Waals surface area contributed by atoms with Gasteiger partial charge in [0, 0.05) is 4.47 Å². The molecule has 1 atom stereocenters. The van der Waals surface area contributed by atoms with Gasteiger partial charge in [-0.1, -0.05) is 27.6 Å². The molecule has 1 nitrogen and oxygen atoms in total. The van der Waals surface area contributed by atoms with Crippen LogP contribution >= 0.6 is 15.9 Å². The molecule has 1 N–H and O–H groups in total. The molecule has 98 valence electrons. The smallest absolute Gasteiger partial charge is 0.123 e. The van der Waals surface area contributed by atoms with Crippen molar-refractivity contribution in [2.45, 2.75) is 44.6 Å². The second-order valence-corrected chi connectivity index (χ2v) is 5.76. The topological polar surface area (TPSA) is 20.2 Å². The van der Waals surface area contributed by atoms with Crippen molar-refractivity contribution in [2.24, 2.45) is 0 Å². The molecule has 0 amide bonds. The van der Waals surface area contributed by atoms with Gasteiger partial charge in [-0.05, 0) is 62.3 Å². The first kappa shape index (κ1) is 13.8. The van der Waals surface area contributed by atoms with Crippen molar-refractivity contribution in [3.05, 3.63) is 45.7 Å². The molecule has 3 heteroatoms. The Kier molecular flexibility index (Phi) is 4.95. The normalized spacial score (nSPS) is 17.4. The van der Waals surface area contributed by atoms with Crippen LogP contribution in [0.15, 0.2) is 34.3 Å². The molecule has 1 unspecified atom stereocenters. The number of aliphatic hydroxyl groups excluding tert-OH is 1. The van der Waals surface area contributed by atoms with E-state index < -0.39 is 6.10 Å². The fourth-order valence-electron chi connectivity index (χ4n) is 2.42. The highest BCUT2D eigenvalue weighted by molar-refractivity contribution is 9.10. The molecule has 0 saturated heterocycles. The minimum atomic E-state index is -0.424. The van der Waals surface area contributed by atoms with E-state index in [4.69, 9.17) is 0 Å². The molecule has 1 aromatic rings. The van der Waals surface area contributed by atoms with Gasteiger partial charge >= 0.3 is 0 Å². The SMILES string of the molecule is OC(CC1=CCCCC1)Cc1cc(F)ccc1Br. The van der Waals surface area contributed by atoms with Gasteiger partial charge in [-0.15, -0.1) is 0 Å². The van der Waals surface area contributed by atoms with Crippen molar-refractivity contribution < 1.29 is 9.50 Å². The minimum Gasteiger partial charge on any atom is -0.392 e. The maximum atomic E-state index is 13.1. The van der Waals surface area contributed by atoms with Gasteiger partial charge in [0.1, 0.15) is 5.82 Å². The van der Waals surface area contributed by atoms with Crippen molar-refractivity contribution in [1.29, 1.82) is 0 Å². The second kappa shape index (κ2) is 6.48. The molecule has 0 spiro atoms.